The van der Waals surface area contributed by atoms with E-state index in [0.29, 0.717) is 5.76 Å². The number of nitrogens with zero attached hydrogens (tertiary/aromatic N) is 2. The maximum Gasteiger partial charge on any atom is 0.191 e. The molecule has 1 aromatic heterocycles. The van der Waals surface area contributed by atoms with Crippen molar-refractivity contribution >= 4 is 29.9 Å². The summed E-state index contributed by atoms with van der Waals surface area (Å²) >= 11 is 0. The molecule has 1 aromatic rings. The topological polar surface area (TPSA) is 73.0 Å². The first-order chi connectivity index (χ1) is 12.3. The van der Waals surface area contributed by atoms with Gasteiger partial charge in [0.25, 0.3) is 0 Å². The van der Waals surface area contributed by atoms with Crippen LogP contribution in [0.4, 0.5) is 0 Å². The molecule has 1 aliphatic heterocycles. The molecule has 1 fully saturated rings. The second kappa shape index (κ2) is 11.3. The highest BCUT2D eigenvalue weighted by molar-refractivity contribution is 14.0. The van der Waals surface area contributed by atoms with Gasteiger partial charge < -0.3 is 25.1 Å². The number of likely N-dealkylation sites (tertiary alicyclic amines) is 1. The van der Waals surface area contributed by atoms with E-state index in [1.807, 2.05) is 26.0 Å². The smallest absolute Gasteiger partial charge is 0.191 e. The molecule has 27 heavy (non-hydrogen) atoms. The van der Waals surface area contributed by atoms with Crippen LogP contribution in [0.1, 0.15) is 45.6 Å². The average Bonchev–Trinajstić information content (AvgIpc) is 2.99. The van der Waals surface area contributed by atoms with Crippen LogP contribution in [0.15, 0.2) is 21.5 Å². The van der Waals surface area contributed by atoms with Gasteiger partial charge in [-0.1, -0.05) is 13.8 Å². The normalized spacial score (nSPS) is 23.4. The first kappa shape index (κ1) is 24.2. The Hall–Kier alpha value is -0.800. The zero-order valence-electron chi connectivity index (χ0n) is 17.4. The van der Waals surface area contributed by atoms with Gasteiger partial charge in [-0.15, -0.1) is 24.0 Å². The Balaban J connectivity index is 0.00000364. The minimum Gasteiger partial charge on any atom is -0.463 e. The Kier molecular flexibility index (Phi) is 10.1. The van der Waals surface area contributed by atoms with Crippen molar-refractivity contribution < 1.29 is 9.52 Å². The van der Waals surface area contributed by atoms with Crippen LogP contribution in [0.2, 0.25) is 0 Å². The first-order valence-corrected chi connectivity index (χ1v) is 9.84. The molecule has 0 radical (unpaired) electrons. The highest BCUT2D eigenvalue weighted by Gasteiger charge is 2.27. The molecular formula is C20H37IN4O2. The van der Waals surface area contributed by atoms with Gasteiger partial charge in [-0.3, -0.25) is 0 Å². The second-order valence-electron chi connectivity index (χ2n) is 8.01. The third-order valence-electron chi connectivity index (χ3n) is 4.83. The molecule has 0 spiro atoms. The number of hydrogen-bond acceptors (Lipinski definition) is 4. The highest BCUT2D eigenvalue weighted by Crippen LogP contribution is 2.23. The van der Waals surface area contributed by atoms with E-state index in [9.17, 15) is 5.11 Å². The quantitative estimate of drug-likeness (QED) is 0.310. The molecule has 3 N–H and O–H groups in total. The lowest BCUT2D eigenvalue weighted by Crippen LogP contribution is -2.45. The van der Waals surface area contributed by atoms with Crippen LogP contribution in [-0.4, -0.2) is 55.2 Å². The van der Waals surface area contributed by atoms with Gasteiger partial charge in [0, 0.05) is 32.7 Å². The average molecular weight is 492 g/mol. The molecule has 0 amide bonds. The van der Waals surface area contributed by atoms with Gasteiger partial charge in [0.1, 0.15) is 17.1 Å². The molecule has 1 saturated heterocycles. The van der Waals surface area contributed by atoms with Crippen molar-refractivity contribution in [2.75, 3.05) is 39.3 Å². The van der Waals surface area contributed by atoms with Crippen molar-refractivity contribution in [3.05, 3.63) is 23.7 Å². The van der Waals surface area contributed by atoms with Crippen molar-refractivity contribution in [3.8, 4) is 0 Å². The van der Waals surface area contributed by atoms with Crippen LogP contribution in [0, 0.1) is 18.8 Å². The molecule has 7 heteroatoms. The summed E-state index contributed by atoms with van der Waals surface area (Å²) in [5.74, 6) is 3.61. The molecule has 3 unspecified atom stereocenters. The van der Waals surface area contributed by atoms with Gasteiger partial charge >= 0.3 is 0 Å². The summed E-state index contributed by atoms with van der Waals surface area (Å²) in [7, 11) is 0. The second-order valence-corrected chi connectivity index (χ2v) is 8.01. The fraction of sp³-hybridized carbons (Fsp3) is 0.750. The lowest BCUT2D eigenvalue weighted by molar-refractivity contribution is 0.0428. The molecule has 6 nitrogen and oxygen atoms in total. The molecule has 0 saturated carbocycles. The van der Waals surface area contributed by atoms with Gasteiger partial charge in [0.05, 0.1) is 6.54 Å². The van der Waals surface area contributed by atoms with E-state index in [1.165, 1.54) is 19.5 Å². The van der Waals surface area contributed by atoms with E-state index in [2.05, 4.69) is 34.4 Å². The molecule has 156 valence electrons. The lowest BCUT2D eigenvalue weighted by atomic mass is 9.92. The summed E-state index contributed by atoms with van der Waals surface area (Å²) in [6.07, 6.45) is 1.33. The van der Waals surface area contributed by atoms with E-state index < -0.39 is 5.60 Å². The summed E-state index contributed by atoms with van der Waals surface area (Å²) in [5.41, 5.74) is -1.12. The first-order valence-electron chi connectivity index (χ1n) is 9.84. The van der Waals surface area contributed by atoms with Crippen LogP contribution in [-0.2, 0) is 5.60 Å². The number of aliphatic hydroxyl groups is 1. The van der Waals surface area contributed by atoms with Gasteiger partial charge in [-0.05, 0) is 51.2 Å². The number of nitrogens with one attached hydrogen (secondary N) is 2. The van der Waals surface area contributed by atoms with Crippen LogP contribution in [0.3, 0.4) is 0 Å². The zero-order chi connectivity index (χ0) is 19.2. The van der Waals surface area contributed by atoms with Gasteiger partial charge in [0.2, 0.25) is 0 Å². The minimum atomic E-state index is -1.12. The predicted molar refractivity (Wildman–Crippen MR) is 122 cm³/mol. The van der Waals surface area contributed by atoms with E-state index in [1.54, 1.807) is 6.92 Å². The molecule has 0 aliphatic carbocycles. The van der Waals surface area contributed by atoms with Gasteiger partial charge in [0.15, 0.2) is 5.96 Å². The maximum absolute atomic E-state index is 10.6. The van der Waals surface area contributed by atoms with Crippen molar-refractivity contribution in [1.29, 1.82) is 0 Å². The molecule has 0 aromatic carbocycles. The van der Waals surface area contributed by atoms with E-state index in [-0.39, 0.29) is 30.5 Å². The Morgan fingerprint density at radius 1 is 1.30 bits per heavy atom. The number of piperidine rings is 1. The largest absolute Gasteiger partial charge is 0.463 e. The van der Waals surface area contributed by atoms with Crippen LogP contribution in [0.5, 0.6) is 0 Å². The molecule has 2 heterocycles. The Morgan fingerprint density at radius 3 is 2.52 bits per heavy atom. The fourth-order valence-corrected chi connectivity index (χ4v) is 3.68. The van der Waals surface area contributed by atoms with E-state index >= 15 is 0 Å². The Bertz CT molecular complexity index is 578. The number of guanidine groups is 1. The number of hydrogen-bond donors (Lipinski definition) is 3. The van der Waals surface area contributed by atoms with E-state index in [4.69, 9.17) is 4.42 Å². The van der Waals surface area contributed by atoms with Gasteiger partial charge in [-0.2, -0.15) is 0 Å². The van der Waals surface area contributed by atoms with Crippen molar-refractivity contribution in [2.24, 2.45) is 16.8 Å². The number of rotatable bonds is 7. The van der Waals surface area contributed by atoms with Crippen molar-refractivity contribution in [1.82, 2.24) is 15.5 Å². The van der Waals surface area contributed by atoms with Crippen LogP contribution < -0.4 is 10.6 Å². The minimum absolute atomic E-state index is 0. The Morgan fingerprint density at radius 2 is 1.96 bits per heavy atom. The standard InChI is InChI=1S/C20H36N4O2.HI/c1-6-21-19(22-9-10-24-12-15(2)11-16(3)13-24)23-14-20(5,25)18-8-7-17(4)26-18;/h7-8,15-16,25H,6,9-14H2,1-5H3,(H2,21,22,23);1H. The van der Waals surface area contributed by atoms with Crippen LogP contribution in [0.25, 0.3) is 0 Å². The van der Waals surface area contributed by atoms with Gasteiger partial charge in [-0.25, -0.2) is 4.99 Å². The van der Waals surface area contributed by atoms with Crippen molar-refractivity contribution in [2.45, 2.75) is 46.6 Å². The van der Waals surface area contributed by atoms with Crippen LogP contribution >= 0.6 is 24.0 Å². The maximum atomic E-state index is 10.6. The molecule has 3 atom stereocenters. The monoisotopic (exact) mass is 492 g/mol. The zero-order valence-corrected chi connectivity index (χ0v) is 19.7. The number of aryl methyl sites for hydroxylation is 1. The highest BCUT2D eigenvalue weighted by atomic mass is 127. The Labute approximate surface area is 181 Å². The summed E-state index contributed by atoms with van der Waals surface area (Å²) in [6.45, 7) is 15.5. The summed E-state index contributed by atoms with van der Waals surface area (Å²) in [6, 6.07) is 3.67. The number of aliphatic imine (C=N–C) groups is 1. The third kappa shape index (κ3) is 7.99. The summed E-state index contributed by atoms with van der Waals surface area (Å²) in [4.78, 5) is 7.07. The number of furan rings is 1. The SMILES string of the molecule is CCNC(=NCC(C)(O)c1ccc(C)o1)NCCN1CC(C)CC(C)C1.I. The van der Waals surface area contributed by atoms with Crippen molar-refractivity contribution in [3.63, 3.8) is 0 Å². The number of halogens is 1. The lowest BCUT2D eigenvalue weighted by Gasteiger charge is -2.35. The predicted octanol–water partition coefficient (Wildman–Crippen LogP) is 2.95. The summed E-state index contributed by atoms with van der Waals surface area (Å²) < 4.78 is 5.55. The molecule has 2 rings (SSSR count). The fourth-order valence-electron chi connectivity index (χ4n) is 3.68. The molecular weight excluding hydrogens is 455 g/mol. The summed E-state index contributed by atoms with van der Waals surface area (Å²) in [5, 5.41) is 17.3. The molecule has 1 aliphatic rings. The molecule has 0 bridgehead atoms. The third-order valence-corrected chi connectivity index (χ3v) is 4.83. The van der Waals surface area contributed by atoms with E-state index in [0.717, 1.165) is 43.2 Å².